The topological polar surface area (TPSA) is 3.24 Å². The van der Waals surface area contributed by atoms with Crippen LogP contribution in [0.2, 0.25) is 0 Å². The molecule has 0 saturated carbocycles. The molecule has 1 rings (SSSR count). The van der Waals surface area contributed by atoms with Crippen molar-refractivity contribution in [1.82, 2.24) is 4.90 Å². The molecule has 0 bridgehead atoms. The zero-order valence-electron chi connectivity index (χ0n) is 9.25. The first kappa shape index (κ1) is 14.2. The quantitative estimate of drug-likeness (QED) is 0.682. The molecule has 0 unspecified atom stereocenters. The predicted octanol–water partition coefficient (Wildman–Crippen LogP) is 3.87. The summed E-state index contributed by atoms with van der Waals surface area (Å²) >= 11 is 0. The highest BCUT2D eigenvalue weighted by Crippen LogP contribution is 2.44. The number of allylic oxidation sites excluding steroid dienone is 2. The van der Waals surface area contributed by atoms with Gasteiger partial charge in [-0.15, -0.1) is 0 Å². The molecule has 7 heteroatoms. The maximum absolute atomic E-state index is 13.2. The molecule has 1 nitrogen and oxygen atoms in total. The van der Waals surface area contributed by atoms with E-state index >= 15 is 0 Å². The fraction of sp³-hybridized carbons (Fsp3) is 0.800. The van der Waals surface area contributed by atoms with Crippen LogP contribution in [0, 0.1) is 0 Å². The Kier molecular flexibility index (Phi) is 3.99. The lowest BCUT2D eigenvalue weighted by Crippen LogP contribution is -2.46. The van der Waals surface area contributed by atoms with Gasteiger partial charge in [-0.2, -0.15) is 22.0 Å². The van der Waals surface area contributed by atoms with E-state index < -0.39 is 23.6 Å². The standard InChI is InChI=1S/C10H13F6N/c1-7(11)8(9(12,13)10(14,15)16)17-5-3-2-4-6-17/h2-6H2,1H3. The van der Waals surface area contributed by atoms with E-state index in [4.69, 9.17) is 0 Å². The van der Waals surface area contributed by atoms with Gasteiger partial charge in [0.1, 0.15) is 11.5 Å². The second-order valence-electron chi connectivity index (χ2n) is 4.00. The number of piperidine rings is 1. The van der Waals surface area contributed by atoms with Gasteiger partial charge < -0.3 is 4.90 Å². The van der Waals surface area contributed by atoms with Crippen molar-refractivity contribution < 1.29 is 26.3 Å². The molecule has 0 radical (unpaired) electrons. The van der Waals surface area contributed by atoms with Crippen LogP contribution in [0.5, 0.6) is 0 Å². The van der Waals surface area contributed by atoms with Gasteiger partial charge in [-0.05, 0) is 26.2 Å². The van der Waals surface area contributed by atoms with Crippen molar-refractivity contribution in [3.05, 3.63) is 11.5 Å². The molecule has 0 amide bonds. The minimum Gasteiger partial charge on any atom is -0.368 e. The first-order valence-corrected chi connectivity index (χ1v) is 5.24. The molecule has 1 heterocycles. The van der Waals surface area contributed by atoms with Gasteiger partial charge in [0, 0.05) is 13.1 Å². The van der Waals surface area contributed by atoms with Crippen LogP contribution < -0.4 is 0 Å². The molecule has 1 fully saturated rings. The number of hydrogen-bond acceptors (Lipinski definition) is 1. The van der Waals surface area contributed by atoms with Gasteiger partial charge in [0.05, 0.1) is 0 Å². The van der Waals surface area contributed by atoms with Crippen LogP contribution >= 0.6 is 0 Å². The van der Waals surface area contributed by atoms with Gasteiger partial charge in [0.2, 0.25) is 0 Å². The SMILES string of the molecule is CC(F)=C(N1CCCCC1)C(F)(F)C(F)(F)F. The largest absolute Gasteiger partial charge is 0.459 e. The van der Waals surface area contributed by atoms with Crippen molar-refractivity contribution in [2.75, 3.05) is 13.1 Å². The molecule has 0 atom stereocenters. The third-order valence-electron chi connectivity index (χ3n) is 2.65. The molecule has 0 aromatic rings. The first-order chi connectivity index (χ1) is 7.68. The molecular weight excluding hydrogens is 248 g/mol. The van der Waals surface area contributed by atoms with Crippen LogP contribution in [-0.4, -0.2) is 30.1 Å². The van der Waals surface area contributed by atoms with E-state index in [1.807, 2.05) is 0 Å². The Morgan fingerprint density at radius 2 is 1.41 bits per heavy atom. The lowest BCUT2D eigenvalue weighted by atomic mass is 10.1. The summed E-state index contributed by atoms with van der Waals surface area (Å²) in [6, 6.07) is 0. The number of rotatable bonds is 2. The highest BCUT2D eigenvalue weighted by molar-refractivity contribution is 5.18. The lowest BCUT2D eigenvalue weighted by Gasteiger charge is -2.35. The van der Waals surface area contributed by atoms with Crippen LogP contribution in [0.4, 0.5) is 26.3 Å². The van der Waals surface area contributed by atoms with Gasteiger partial charge in [-0.25, -0.2) is 4.39 Å². The first-order valence-electron chi connectivity index (χ1n) is 5.24. The van der Waals surface area contributed by atoms with Crippen molar-refractivity contribution in [3.63, 3.8) is 0 Å². The summed E-state index contributed by atoms with van der Waals surface area (Å²) in [5.74, 6) is -6.61. The minimum absolute atomic E-state index is 0.0300. The minimum atomic E-state index is -5.77. The van der Waals surface area contributed by atoms with Crippen LogP contribution in [-0.2, 0) is 0 Å². The summed E-state index contributed by atoms with van der Waals surface area (Å²) < 4.78 is 76.0. The van der Waals surface area contributed by atoms with Gasteiger partial charge in [-0.1, -0.05) is 0 Å². The Hall–Kier alpha value is -0.880. The maximum Gasteiger partial charge on any atom is 0.459 e. The van der Waals surface area contributed by atoms with E-state index in [2.05, 4.69) is 0 Å². The van der Waals surface area contributed by atoms with E-state index in [0.717, 1.165) is 11.3 Å². The van der Waals surface area contributed by atoms with Crippen molar-refractivity contribution >= 4 is 0 Å². The number of halogens is 6. The molecule has 0 spiro atoms. The molecule has 0 aromatic carbocycles. The van der Waals surface area contributed by atoms with E-state index in [9.17, 15) is 26.3 Å². The highest BCUT2D eigenvalue weighted by atomic mass is 19.4. The summed E-state index contributed by atoms with van der Waals surface area (Å²) in [6.45, 7) is 0.689. The number of nitrogens with zero attached hydrogens (tertiary/aromatic N) is 1. The Morgan fingerprint density at radius 3 is 1.76 bits per heavy atom. The molecular formula is C10H13F6N. The molecule has 0 aromatic heterocycles. The Labute approximate surface area is 95.1 Å². The second-order valence-corrected chi connectivity index (χ2v) is 4.00. The summed E-state index contributed by atoms with van der Waals surface area (Å²) in [7, 11) is 0. The van der Waals surface area contributed by atoms with E-state index in [1.54, 1.807) is 0 Å². The Balaban J connectivity index is 3.06. The van der Waals surface area contributed by atoms with Crippen molar-refractivity contribution in [2.45, 2.75) is 38.3 Å². The van der Waals surface area contributed by atoms with Crippen LogP contribution in [0.15, 0.2) is 11.5 Å². The lowest BCUT2D eigenvalue weighted by molar-refractivity contribution is -0.271. The molecule has 1 aliphatic heterocycles. The third-order valence-corrected chi connectivity index (χ3v) is 2.65. The van der Waals surface area contributed by atoms with Crippen molar-refractivity contribution in [2.24, 2.45) is 0 Å². The summed E-state index contributed by atoms with van der Waals surface area (Å²) in [6.07, 6.45) is -4.03. The Bertz CT molecular complexity index is 296. The van der Waals surface area contributed by atoms with Crippen LogP contribution in [0.3, 0.4) is 0 Å². The average Bonchev–Trinajstić information content (AvgIpc) is 2.16. The molecule has 100 valence electrons. The van der Waals surface area contributed by atoms with Gasteiger partial charge in [0.15, 0.2) is 0 Å². The molecule has 1 aliphatic rings. The maximum atomic E-state index is 13.2. The number of alkyl halides is 5. The van der Waals surface area contributed by atoms with Crippen LogP contribution in [0.25, 0.3) is 0 Å². The zero-order valence-corrected chi connectivity index (χ0v) is 9.25. The van der Waals surface area contributed by atoms with Crippen molar-refractivity contribution in [3.8, 4) is 0 Å². The molecule has 0 N–H and O–H groups in total. The van der Waals surface area contributed by atoms with Crippen molar-refractivity contribution in [1.29, 1.82) is 0 Å². The number of likely N-dealkylation sites (tertiary alicyclic amines) is 1. The molecule has 1 saturated heterocycles. The summed E-state index contributed by atoms with van der Waals surface area (Å²) in [5, 5.41) is 0. The summed E-state index contributed by atoms with van der Waals surface area (Å²) in [4.78, 5) is 0.798. The molecule has 0 aliphatic carbocycles. The smallest absolute Gasteiger partial charge is 0.368 e. The zero-order chi connectivity index (χ0) is 13.3. The fourth-order valence-electron chi connectivity index (χ4n) is 1.88. The third kappa shape index (κ3) is 2.87. The fourth-order valence-corrected chi connectivity index (χ4v) is 1.88. The summed E-state index contributed by atoms with van der Waals surface area (Å²) in [5.41, 5.74) is -1.54. The van der Waals surface area contributed by atoms with E-state index in [1.165, 1.54) is 0 Å². The monoisotopic (exact) mass is 261 g/mol. The van der Waals surface area contributed by atoms with E-state index in [0.29, 0.717) is 19.8 Å². The normalized spacial score (nSPS) is 20.3. The predicted molar refractivity (Wildman–Crippen MR) is 50.2 cm³/mol. The van der Waals surface area contributed by atoms with Crippen LogP contribution in [0.1, 0.15) is 26.2 Å². The molecule has 17 heavy (non-hydrogen) atoms. The van der Waals surface area contributed by atoms with Gasteiger partial charge >= 0.3 is 12.1 Å². The second kappa shape index (κ2) is 4.78. The number of hydrogen-bond donors (Lipinski definition) is 0. The van der Waals surface area contributed by atoms with E-state index in [-0.39, 0.29) is 13.1 Å². The average molecular weight is 261 g/mol. The Morgan fingerprint density at radius 1 is 0.941 bits per heavy atom. The van der Waals surface area contributed by atoms with Gasteiger partial charge in [0.25, 0.3) is 0 Å². The highest BCUT2D eigenvalue weighted by Gasteiger charge is 2.62. The van der Waals surface area contributed by atoms with Gasteiger partial charge in [-0.3, -0.25) is 0 Å².